The molecule has 168 valence electrons. The molecule has 1 fully saturated rings. The second kappa shape index (κ2) is 11.4. The lowest BCUT2D eigenvalue weighted by Crippen LogP contribution is -2.46. The van der Waals surface area contributed by atoms with E-state index in [4.69, 9.17) is 5.73 Å². The van der Waals surface area contributed by atoms with Gasteiger partial charge in [-0.3, -0.25) is 9.59 Å². The molecule has 1 heterocycles. The van der Waals surface area contributed by atoms with E-state index < -0.39 is 28.9 Å². The van der Waals surface area contributed by atoms with E-state index in [0.717, 1.165) is 11.6 Å². The monoisotopic (exact) mass is 473 g/mol. The molecule has 0 aromatic heterocycles. The zero-order valence-electron chi connectivity index (χ0n) is 16.5. The number of hydrogen-bond donors (Lipinski definition) is 2. The third-order valence-corrected chi connectivity index (χ3v) is 5.96. The van der Waals surface area contributed by atoms with Crippen LogP contribution in [-0.4, -0.2) is 40.4 Å². The molecule has 1 unspecified atom stereocenters. The molecule has 2 aromatic carbocycles. The van der Waals surface area contributed by atoms with E-state index >= 15 is 0 Å². The lowest BCUT2D eigenvalue weighted by Gasteiger charge is -2.24. The van der Waals surface area contributed by atoms with Crippen molar-refractivity contribution in [1.29, 1.82) is 0 Å². The molecule has 0 saturated carbocycles. The lowest BCUT2D eigenvalue weighted by molar-refractivity contribution is -0.136. The van der Waals surface area contributed by atoms with Gasteiger partial charge in [0, 0.05) is 37.4 Å². The fourth-order valence-corrected chi connectivity index (χ4v) is 4.39. The molecule has 3 rings (SSSR count). The molecule has 0 aliphatic carbocycles. The number of hydrogen-bond acceptors (Lipinski definition) is 4. The third-order valence-electron chi connectivity index (χ3n) is 4.75. The van der Waals surface area contributed by atoms with Gasteiger partial charge in [-0.2, -0.15) is 0 Å². The fourth-order valence-electron chi connectivity index (χ4n) is 3.23. The summed E-state index contributed by atoms with van der Waals surface area (Å²) in [5, 5.41) is 2.17. The summed E-state index contributed by atoms with van der Waals surface area (Å²) in [5.41, 5.74) is 6.80. The van der Waals surface area contributed by atoms with Gasteiger partial charge >= 0.3 is 0 Å². The van der Waals surface area contributed by atoms with E-state index in [1.54, 1.807) is 0 Å². The van der Waals surface area contributed by atoms with Crippen molar-refractivity contribution in [3.63, 3.8) is 0 Å². The van der Waals surface area contributed by atoms with Crippen LogP contribution in [0, 0.1) is 17.5 Å². The highest BCUT2D eigenvalue weighted by molar-refractivity contribution is 8.00. The molecule has 31 heavy (non-hydrogen) atoms. The van der Waals surface area contributed by atoms with Gasteiger partial charge in [-0.05, 0) is 23.6 Å². The van der Waals surface area contributed by atoms with Gasteiger partial charge in [0.2, 0.25) is 5.91 Å². The van der Waals surface area contributed by atoms with Crippen LogP contribution < -0.4 is 11.1 Å². The summed E-state index contributed by atoms with van der Waals surface area (Å²) in [6.07, 6.45) is -0.262. The van der Waals surface area contributed by atoms with Crippen molar-refractivity contribution >= 4 is 36.0 Å². The summed E-state index contributed by atoms with van der Waals surface area (Å²) in [4.78, 5) is 26.7. The van der Waals surface area contributed by atoms with Crippen LogP contribution in [-0.2, 0) is 22.6 Å². The number of rotatable bonds is 7. The van der Waals surface area contributed by atoms with Gasteiger partial charge in [0.05, 0.1) is 0 Å². The molecule has 1 saturated heterocycles. The summed E-state index contributed by atoms with van der Waals surface area (Å²) in [6, 6.07) is 9.83. The van der Waals surface area contributed by atoms with Crippen LogP contribution in [0.2, 0.25) is 0 Å². The topological polar surface area (TPSA) is 75.4 Å². The smallest absolute Gasteiger partial charge is 0.253 e. The SMILES string of the molecule is Cl.N[C@@H](CC(=O)N1CCSC1C(=O)NCc1ccccc1)Cc1cc(F)c(F)cc1F. The summed E-state index contributed by atoms with van der Waals surface area (Å²) < 4.78 is 40.2. The molecular weight excluding hydrogens is 451 g/mol. The largest absolute Gasteiger partial charge is 0.349 e. The van der Waals surface area contributed by atoms with Gasteiger partial charge in [-0.25, -0.2) is 13.2 Å². The van der Waals surface area contributed by atoms with Crippen molar-refractivity contribution in [2.45, 2.75) is 30.8 Å². The fraction of sp³-hybridized carbons (Fsp3) is 0.333. The number of nitrogens with two attached hydrogens (primary N) is 1. The molecular formula is C21H23ClF3N3O2S. The molecule has 0 bridgehead atoms. The number of halogens is 4. The first-order valence-corrected chi connectivity index (χ1v) is 10.5. The van der Waals surface area contributed by atoms with Gasteiger partial charge in [-0.15, -0.1) is 24.2 Å². The summed E-state index contributed by atoms with van der Waals surface area (Å²) >= 11 is 1.36. The van der Waals surface area contributed by atoms with Crippen molar-refractivity contribution in [3.8, 4) is 0 Å². The van der Waals surface area contributed by atoms with Gasteiger partial charge in [-0.1, -0.05) is 30.3 Å². The first kappa shape index (κ1) is 25.0. The molecule has 0 spiro atoms. The van der Waals surface area contributed by atoms with Crippen LogP contribution in [0.15, 0.2) is 42.5 Å². The van der Waals surface area contributed by atoms with Crippen molar-refractivity contribution < 1.29 is 22.8 Å². The van der Waals surface area contributed by atoms with E-state index in [-0.39, 0.29) is 42.6 Å². The Morgan fingerprint density at radius 1 is 1.13 bits per heavy atom. The van der Waals surface area contributed by atoms with Crippen LogP contribution in [0.3, 0.4) is 0 Å². The van der Waals surface area contributed by atoms with Crippen molar-refractivity contribution in [2.75, 3.05) is 12.3 Å². The molecule has 3 N–H and O–H groups in total. The Bertz CT molecular complexity index is 920. The van der Waals surface area contributed by atoms with Crippen LogP contribution in [0.1, 0.15) is 17.5 Å². The minimum atomic E-state index is -1.28. The summed E-state index contributed by atoms with van der Waals surface area (Å²) in [5.74, 6) is -3.35. The lowest BCUT2D eigenvalue weighted by atomic mass is 10.0. The van der Waals surface area contributed by atoms with Crippen LogP contribution in [0.25, 0.3) is 0 Å². The van der Waals surface area contributed by atoms with E-state index in [0.29, 0.717) is 24.9 Å². The second-order valence-electron chi connectivity index (χ2n) is 7.04. The van der Waals surface area contributed by atoms with Crippen LogP contribution >= 0.6 is 24.2 Å². The van der Waals surface area contributed by atoms with E-state index in [1.807, 2.05) is 30.3 Å². The van der Waals surface area contributed by atoms with Crippen molar-refractivity contribution in [2.24, 2.45) is 5.73 Å². The normalized spacial score (nSPS) is 16.5. The minimum Gasteiger partial charge on any atom is -0.349 e. The highest BCUT2D eigenvalue weighted by Crippen LogP contribution is 2.25. The van der Waals surface area contributed by atoms with Crippen molar-refractivity contribution in [3.05, 3.63) is 71.0 Å². The number of thioether (sulfide) groups is 1. The summed E-state index contributed by atoms with van der Waals surface area (Å²) in [6.45, 7) is 0.757. The molecule has 5 nitrogen and oxygen atoms in total. The van der Waals surface area contributed by atoms with Crippen molar-refractivity contribution in [1.82, 2.24) is 10.2 Å². The predicted molar refractivity (Wildman–Crippen MR) is 116 cm³/mol. The zero-order chi connectivity index (χ0) is 21.7. The Balaban J connectivity index is 0.00000341. The predicted octanol–water partition coefficient (Wildman–Crippen LogP) is 3.00. The number of carbonyl (C=O) groups excluding carboxylic acids is 2. The Morgan fingerprint density at radius 3 is 2.52 bits per heavy atom. The molecule has 1 aliphatic heterocycles. The number of carbonyl (C=O) groups is 2. The Kier molecular flexibility index (Phi) is 9.21. The first-order chi connectivity index (χ1) is 14.3. The van der Waals surface area contributed by atoms with Gasteiger partial charge in [0.25, 0.3) is 5.91 Å². The van der Waals surface area contributed by atoms with E-state index in [1.165, 1.54) is 16.7 Å². The minimum absolute atomic E-state index is 0. The first-order valence-electron chi connectivity index (χ1n) is 9.47. The maximum atomic E-state index is 13.8. The van der Waals surface area contributed by atoms with E-state index in [9.17, 15) is 22.8 Å². The Labute approximate surface area is 189 Å². The van der Waals surface area contributed by atoms with Gasteiger partial charge < -0.3 is 16.0 Å². The number of nitrogens with zero attached hydrogens (tertiary/aromatic N) is 1. The zero-order valence-corrected chi connectivity index (χ0v) is 18.2. The van der Waals surface area contributed by atoms with E-state index in [2.05, 4.69) is 5.32 Å². The quantitative estimate of drug-likeness (QED) is 0.606. The van der Waals surface area contributed by atoms with Crippen LogP contribution in [0.5, 0.6) is 0 Å². The van der Waals surface area contributed by atoms with Crippen LogP contribution in [0.4, 0.5) is 13.2 Å². The highest BCUT2D eigenvalue weighted by atomic mass is 35.5. The molecule has 2 atom stereocenters. The average Bonchev–Trinajstić information content (AvgIpc) is 3.21. The van der Waals surface area contributed by atoms with Gasteiger partial charge in [0.1, 0.15) is 5.82 Å². The molecule has 1 aliphatic rings. The average molecular weight is 474 g/mol. The molecule has 10 heteroatoms. The summed E-state index contributed by atoms with van der Waals surface area (Å²) in [7, 11) is 0. The number of nitrogens with one attached hydrogen (secondary N) is 1. The molecule has 2 amide bonds. The molecule has 0 radical (unpaired) electrons. The third kappa shape index (κ3) is 6.62. The number of amides is 2. The highest BCUT2D eigenvalue weighted by Gasteiger charge is 2.35. The standard InChI is InChI=1S/C21H22F3N3O2S.ClH/c22-16-11-18(24)17(23)9-14(16)8-15(25)10-19(28)27-6-7-30-21(27)20(29)26-12-13-4-2-1-3-5-13;/h1-5,9,11,15,21H,6-8,10,12,25H2,(H,26,29);1H/t15-,21?;/m1./s1. The second-order valence-corrected chi connectivity index (χ2v) is 8.23. The maximum absolute atomic E-state index is 13.8. The Hall–Kier alpha value is -2.23. The maximum Gasteiger partial charge on any atom is 0.253 e. The molecule has 2 aromatic rings. The van der Waals surface area contributed by atoms with Gasteiger partial charge in [0.15, 0.2) is 17.0 Å². The number of benzene rings is 2. The Morgan fingerprint density at radius 2 is 1.81 bits per heavy atom.